The van der Waals surface area contributed by atoms with E-state index in [2.05, 4.69) is 23.7 Å². The van der Waals surface area contributed by atoms with Crippen LogP contribution in [0.1, 0.15) is 39.5 Å². The van der Waals surface area contributed by atoms with Crippen LogP contribution in [0.2, 0.25) is 9.88 Å². The topological polar surface area (TPSA) is 0 Å². The molecule has 0 atom stereocenters. The summed E-state index contributed by atoms with van der Waals surface area (Å²) in [5, 5.41) is 0. The number of unbranched alkanes of at least 4 members (excludes halogenated alkanes) is 3. The zero-order valence-electron chi connectivity index (χ0n) is 7.33. The molecule has 0 aromatic heterocycles. The second-order valence-corrected chi connectivity index (χ2v) is 5.06. The van der Waals surface area contributed by atoms with Crippen molar-refractivity contribution in [2.24, 2.45) is 0 Å². The van der Waals surface area contributed by atoms with E-state index in [4.69, 9.17) is 0 Å². The molecule has 1 heteroatoms. The van der Waals surface area contributed by atoms with Gasteiger partial charge in [-0.05, 0) is 0 Å². The Balaban J connectivity index is 0. The molecule has 9 heavy (non-hydrogen) atoms. The van der Waals surface area contributed by atoms with Crippen LogP contribution in [0.15, 0.2) is 0 Å². The van der Waals surface area contributed by atoms with Crippen molar-refractivity contribution in [3.63, 3.8) is 0 Å². The Labute approximate surface area is 70.6 Å². The number of hydrogen-bond acceptors (Lipinski definition) is 0. The molecular weight excluding hydrogens is 215 g/mol. The van der Waals surface area contributed by atoms with Gasteiger partial charge in [-0.2, -0.15) is 0 Å². The first-order valence-electron chi connectivity index (χ1n) is 3.91. The summed E-state index contributed by atoms with van der Waals surface area (Å²) in [5.41, 5.74) is 0. The van der Waals surface area contributed by atoms with Crippen molar-refractivity contribution in [1.82, 2.24) is 0 Å². The molecule has 0 aliphatic heterocycles. The second kappa shape index (κ2) is 15.9. The zero-order chi connectivity index (χ0) is 7.54. The van der Waals surface area contributed by atoms with Crippen LogP contribution in [-0.4, -0.2) is 21.1 Å². The fraction of sp³-hybridized carbons (Fsp3) is 1.00. The Morgan fingerprint density at radius 2 is 1.11 bits per heavy atom. The predicted molar refractivity (Wildman–Crippen MR) is 47.3 cm³/mol. The third kappa shape index (κ3) is 28.2. The molecule has 0 bridgehead atoms. The summed E-state index contributed by atoms with van der Waals surface area (Å²) in [6, 6.07) is 0. The van der Waals surface area contributed by atoms with Crippen molar-refractivity contribution in [2.45, 2.75) is 49.4 Å². The van der Waals surface area contributed by atoms with Gasteiger partial charge in [-0.1, -0.05) is 39.5 Å². The van der Waals surface area contributed by atoms with Gasteiger partial charge in [-0.15, -0.1) is 0 Å². The normalized spacial score (nSPS) is 8.00. The van der Waals surface area contributed by atoms with Crippen molar-refractivity contribution < 1.29 is 0 Å². The fourth-order valence-corrected chi connectivity index (χ4v) is 0.500. The van der Waals surface area contributed by atoms with E-state index in [9.17, 15) is 0 Å². The van der Waals surface area contributed by atoms with E-state index < -0.39 is 0 Å². The van der Waals surface area contributed by atoms with Gasteiger partial charge in [0.1, 0.15) is 0 Å². The summed E-state index contributed by atoms with van der Waals surface area (Å²) in [5.74, 6) is 0. The molecule has 0 aromatic rings. The molecule has 0 saturated heterocycles. The van der Waals surface area contributed by atoms with Crippen molar-refractivity contribution in [3.05, 3.63) is 0 Å². The molecule has 0 unspecified atom stereocenters. The SMILES string of the molecule is CCCCCC.[CH3][Sn][CH3]. The minimum atomic E-state index is 0.230. The molecule has 0 spiro atoms. The van der Waals surface area contributed by atoms with Gasteiger partial charge in [-0.3, -0.25) is 0 Å². The molecule has 2 radical (unpaired) electrons. The maximum absolute atomic E-state index is 2.30. The van der Waals surface area contributed by atoms with Gasteiger partial charge >= 0.3 is 31.0 Å². The molecule has 0 saturated carbocycles. The molecule has 0 amide bonds. The van der Waals surface area contributed by atoms with E-state index in [1.807, 2.05) is 0 Å². The van der Waals surface area contributed by atoms with Crippen LogP contribution < -0.4 is 0 Å². The Morgan fingerprint density at radius 3 is 1.22 bits per heavy atom. The standard InChI is InChI=1S/C6H14.2CH3.Sn/c1-3-5-6-4-2;;;/h3-6H2,1-2H3;2*1H3;. The van der Waals surface area contributed by atoms with E-state index in [0.29, 0.717) is 0 Å². The summed E-state index contributed by atoms with van der Waals surface area (Å²) >= 11 is 0.230. The second-order valence-electron chi connectivity index (χ2n) is 2.21. The molecule has 0 heterocycles. The zero-order valence-corrected chi connectivity index (χ0v) is 10.2. The van der Waals surface area contributed by atoms with Crippen molar-refractivity contribution in [3.8, 4) is 0 Å². The summed E-state index contributed by atoms with van der Waals surface area (Å²) in [4.78, 5) is 4.59. The van der Waals surface area contributed by atoms with Gasteiger partial charge in [0.25, 0.3) is 0 Å². The van der Waals surface area contributed by atoms with E-state index in [0.717, 1.165) is 0 Å². The van der Waals surface area contributed by atoms with Crippen molar-refractivity contribution in [2.75, 3.05) is 0 Å². The van der Waals surface area contributed by atoms with Crippen LogP contribution in [-0.2, 0) is 0 Å². The first-order chi connectivity index (χ1) is 4.33. The summed E-state index contributed by atoms with van der Waals surface area (Å²) in [6.07, 6.45) is 5.54. The molecule has 0 nitrogen and oxygen atoms in total. The Morgan fingerprint density at radius 1 is 0.889 bits per heavy atom. The number of rotatable bonds is 3. The molecule has 0 aromatic carbocycles. The van der Waals surface area contributed by atoms with E-state index in [-0.39, 0.29) is 21.1 Å². The minimum absolute atomic E-state index is 0.230. The van der Waals surface area contributed by atoms with Gasteiger partial charge in [0, 0.05) is 0 Å². The Hall–Kier alpha value is 0.799. The van der Waals surface area contributed by atoms with E-state index in [1.165, 1.54) is 25.7 Å². The fourth-order valence-electron chi connectivity index (χ4n) is 0.500. The van der Waals surface area contributed by atoms with Gasteiger partial charge in [-0.25, -0.2) is 0 Å². The Kier molecular flexibility index (Phi) is 22.1. The van der Waals surface area contributed by atoms with Crippen LogP contribution in [0.4, 0.5) is 0 Å². The van der Waals surface area contributed by atoms with Crippen molar-refractivity contribution in [1.29, 1.82) is 0 Å². The predicted octanol–water partition coefficient (Wildman–Crippen LogP) is 3.37. The average Bonchev–Trinajstić information content (AvgIpc) is 1.86. The van der Waals surface area contributed by atoms with E-state index in [1.54, 1.807) is 0 Å². The van der Waals surface area contributed by atoms with Crippen LogP contribution in [0, 0.1) is 0 Å². The maximum atomic E-state index is 2.30. The van der Waals surface area contributed by atoms with Gasteiger partial charge in [0.15, 0.2) is 0 Å². The third-order valence-electron chi connectivity index (χ3n) is 0.957. The van der Waals surface area contributed by atoms with Crippen LogP contribution in [0.5, 0.6) is 0 Å². The Bertz CT molecular complexity index is 23.7. The van der Waals surface area contributed by atoms with Gasteiger partial charge in [0.2, 0.25) is 0 Å². The third-order valence-corrected chi connectivity index (χ3v) is 0.957. The quantitative estimate of drug-likeness (QED) is 0.519. The van der Waals surface area contributed by atoms with Crippen LogP contribution in [0.3, 0.4) is 0 Å². The van der Waals surface area contributed by atoms with Crippen molar-refractivity contribution >= 4 is 21.1 Å². The summed E-state index contributed by atoms with van der Waals surface area (Å²) < 4.78 is 0. The molecule has 0 N–H and O–H groups in total. The molecule has 0 rings (SSSR count). The molecule has 0 aliphatic carbocycles. The molecular formula is C8H20Sn. The van der Waals surface area contributed by atoms with E-state index >= 15 is 0 Å². The average molecular weight is 235 g/mol. The van der Waals surface area contributed by atoms with Crippen LogP contribution >= 0.6 is 0 Å². The first-order valence-corrected chi connectivity index (χ1v) is 9.62. The first kappa shape index (κ1) is 12.5. The van der Waals surface area contributed by atoms with Crippen LogP contribution in [0.25, 0.3) is 0 Å². The monoisotopic (exact) mass is 236 g/mol. The summed E-state index contributed by atoms with van der Waals surface area (Å²) in [7, 11) is 0. The molecule has 56 valence electrons. The molecule has 0 fully saturated rings. The molecule has 0 aliphatic rings. The van der Waals surface area contributed by atoms with Gasteiger partial charge < -0.3 is 0 Å². The van der Waals surface area contributed by atoms with Gasteiger partial charge in [0.05, 0.1) is 0 Å². The number of hydrogen-bond donors (Lipinski definition) is 0. The summed E-state index contributed by atoms with van der Waals surface area (Å²) in [6.45, 7) is 4.46.